The summed E-state index contributed by atoms with van der Waals surface area (Å²) in [6, 6.07) is 1.74. The molecule has 1 aromatic heterocycles. The molecule has 1 saturated heterocycles. The van der Waals surface area contributed by atoms with E-state index in [9.17, 15) is 14.4 Å². The van der Waals surface area contributed by atoms with Gasteiger partial charge in [0.15, 0.2) is 0 Å². The molecule has 0 atom stereocenters. The second-order valence-electron chi connectivity index (χ2n) is 6.13. The first-order chi connectivity index (χ1) is 10.6. The number of nitrogens with zero attached hydrogens (tertiary/aromatic N) is 1. The minimum atomic E-state index is -0.807. The lowest BCUT2D eigenvalue weighted by molar-refractivity contribution is -0.143. The first kappa shape index (κ1) is 14.8. The summed E-state index contributed by atoms with van der Waals surface area (Å²) in [5.41, 5.74) is 1.88. The maximum absolute atomic E-state index is 12.5. The number of aliphatic carboxylic acids is 1. The molecule has 2 N–H and O–H groups in total. The van der Waals surface area contributed by atoms with Crippen molar-refractivity contribution in [3.05, 3.63) is 33.2 Å². The summed E-state index contributed by atoms with van der Waals surface area (Å²) < 4.78 is 0. The van der Waals surface area contributed by atoms with Crippen LogP contribution in [0, 0.1) is 5.92 Å². The number of piperidine rings is 1. The molecule has 2 aliphatic rings. The molecule has 0 radical (unpaired) electrons. The third kappa shape index (κ3) is 2.77. The molecule has 6 nitrogen and oxygen atoms in total. The normalized spacial score (nSPS) is 18.8. The topological polar surface area (TPSA) is 90.5 Å². The summed E-state index contributed by atoms with van der Waals surface area (Å²) in [6.45, 7) is 0.790. The van der Waals surface area contributed by atoms with Crippen molar-refractivity contribution >= 4 is 11.9 Å². The van der Waals surface area contributed by atoms with Crippen LogP contribution in [0.15, 0.2) is 10.9 Å². The maximum atomic E-state index is 12.5. The van der Waals surface area contributed by atoms with Crippen LogP contribution < -0.4 is 5.56 Å². The van der Waals surface area contributed by atoms with E-state index in [4.69, 9.17) is 5.11 Å². The van der Waals surface area contributed by atoms with Crippen molar-refractivity contribution in [2.45, 2.75) is 38.5 Å². The van der Waals surface area contributed by atoms with Crippen molar-refractivity contribution in [2.24, 2.45) is 5.92 Å². The van der Waals surface area contributed by atoms with Gasteiger partial charge in [0.2, 0.25) is 0 Å². The molecular formula is C16H20N2O4. The summed E-state index contributed by atoms with van der Waals surface area (Å²) in [5.74, 6) is -1.47. The van der Waals surface area contributed by atoms with E-state index in [2.05, 4.69) is 4.98 Å². The highest BCUT2D eigenvalue weighted by atomic mass is 16.4. The van der Waals surface area contributed by atoms with Gasteiger partial charge < -0.3 is 15.0 Å². The van der Waals surface area contributed by atoms with Gasteiger partial charge in [-0.3, -0.25) is 14.4 Å². The number of likely N-dealkylation sites (tertiary alicyclic amines) is 1. The lowest BCUT2D eigenvalue weighted by Crippen LogP contribution is -2.42. The lowest BCUT2D eigenvalue weighted by Gasteiger charge is -2.30. The number of pyridine rings is 1. The summed E-state index contributed by atoms with van der Waals surface area (Å²) in [6.07, 6.45) is 4.81. The average molecular weight is 304 g/mol. The predicted octanol–water partition coefficient (Wildman–Crippen LogP) is 1.19. The number of fused-ring (bicyclic) bond motifs is 1. The van der Waals surface area contributed by atoms with E-state index in [1.165, 1.54) is 0 Å². The number of amides is 1. The lowest BCUT2D eigenvalue weighted by atomic mass is 9.94. The quantitative estimate of drug-likeness (QED) is 0.858. The Hall–Kier alpha value is -2.11. The minimum absolute atomic E-state index is 0.189. The molecule has 0 bridgehead atoms. The van der Waals surface area contributed by atoms with Crippen molar-refractivity contribution in [3.8, 4) is 0 Å². The van der Waals surface area contributed by atoms with Crippen LogP contribution in [-0.2, 0) is 17.6 Å². The van der Waals surface area contributed by atoms with Crippen LogP contribution in [0.25, 0.3) is 0 Å². The van der Waals surface area contributed by atoms with Gasteiger partial charge in [-0.05, 0) is 50.2 Å². The van der Waals surface area contributed by atoms with Gasteiger partial charge in [0.1, 0.15) is 5.56 Å². The Bertz CT molecular complexity index is 657. The number of carboxylic acid groups (broad SMARTS) is 1. The van der Waals surface area contributed by atoms with Crippen molar-refractivity contribution in [2.75, 3.05) is 13.1 Å². The Labute approximate surface area is 128 Å². The first-order valence-corrected chi connectivity index (χ1v) is 7.83. The molecule has 1 aromatic rings. The second-order valence-corrected chi connectivity index (χ2v) is 6.13. The number of aromatic nitrogens is 1. The third-order valence-electron chi connectivity index (χ3n) is 4.70. The van der Waals surface area contributed by atoms with E-state index < -0.39 is 5.97 Å². The Balaban J connectivity index is 1.78. The minimum Gasteiger partial charge on any atom is -0.481 e. The van der Waals surface area contributed by atoms with E-state index in [1.807, 2.05) is 0 Å². The van der Waals surface area contributed by atoms with E-state index >= 15 is 0 Å². The zero-order chi connectivity index (χ0) is 15.7. The molecule has 1 aliphatic heterocycles. The largest absolute Gasteiger partial charge is 0.481 e. The molecule has 0 spiro atoms. The van der Waals surface area contributed by atoms with Gasteiger partial charge >= 0.3 is 5.97 Å². The SMILES string of the molecule is O=C(O)C1CCN(C(=O)c2cc3c([nH]c2=O)CCCC3)CC1. The van der Waals surface area contributed by atoms with Crippen LogP contribution in [0.3, 0.4) is 0 Å². The number of aromatic amines is 1. The highest BCUT2D eigenvalue weighted by Crippen LogP contribution is 2.21. The van der Waals surface area contributed by atoms with Crippen molar-refractivity contribution in [1.29, 1.82) is 0 Å². The van der Waals surface area contributed by atoms with E-state index in [0.717, 1.165) is 36.9 Å². The highest BCUT2D eigenvalue weighted by molar-refractivity contribution is 5.94. The van der Waals surface area contributed by atoms with E-state index in [0.29, 0.717) is 25.9 Å². The van der Waals surface area contributed by atoms with Gasteiger partial charge in [0, 0.05) is 18.8 Å². The Morgan fingerprint density at radius 1 is 1.18 bits per heavy atom. The standard InChI is InChI=1S/C16H20N2O4/c19-14-12(9-11-3-1-2-4-13(11)17-14)15(20)18-7-5-10(6-8-18)16(21)22/h9-10H,1-8H2,(H,17,19)(H,21,22). The fourth-order valence-corrected chi connectivity index (χ4v) is 3.33. The van der Waals surface area contributed by atoms with E-state index in [1.54, 1.807) is 11.0 Å². The van der Waals surface area contributed by atoms with Gasteiger partial charge in [-0.2, -0.15) is 0 Å². The van der Waals surface area contributed by atoms with Gasteiger partial charge in [0.05, 0.1) is 5.92 Å². The average Bonchev–Trinajstić information content (AvgIpc) is 2.53. The molecule has 1 aliphatic carbocycles. The van der Waals surface area contributed by atoms with Gasteiger partial charge in [0.25, 0.3) is 11.5 Å². The summed E-state index contributed by atoms with van der Waals surface area (Å²) >= 11 is 0. The molecule has 6 heteroatoms. The number of hydrogen-bond acceptors (Lipinski definition) is 3. The number of aryl methyl sites for hydroxylation is 2. The number of hydrogen-bond donors (Lipinski definition) is 2. The van der Waals surface area contributed by atoms with Crippen LogP contribution >= 0.6 is 0 Å². The van der Waals surface area contributed by atoms with Crippen LogP contribution in [0.5, 0.6) is 0 Å². The summed E-state index contributed by atoms with van der Waals surface area (Å²) in [5, 5.41) is 9.00. The molecule has 1 fully saturated rings. The molecule has 0 aromatic carbocycles. The molecule has 3 rings (SSSR count). The predicted molar refractivity (Wildman–Crippen MR) is 80.0 cm³/mol. The fraction of sp³-hybridized carbons (Fsp3) is 0.562. The number of carbonyl (C=O) groups excluding carboxylic acids is 1. The number of nitrogens with one attached hydrogen (secondary N) is 1. The van der Waals surface area contributed by atoms with Gasteiger partial charge in [-0.1, -0.05) is 0 Å². The number of carbonyl (C=O) groups is 2. The number of H-pyrrole nitrogens is 1. The first-order valence-electron chi connectivity index (χ1n) is 7.83. The maximum Gasteiger partial charge on any atom is 0.306 e. The smallest absolute Gasteiger partial charge is 0.306 e. The zero-order valence-electron chi connectivity index (χ0n) is 12.4. The van der Waals surface area contributed by atoms with Gasteiger partial charge in [-0.15, -0.1) is 0 Å². The molecule has 0 saturated carbocycles. The molecule has 118 valence electrons. The second kappa shape index (κ2) is 5.94. The van der Waals surface area contributed by atoms with Crippen LogP contribution in [0.1, 0.15) is 47.3 Å². The van der Waals surface area contributed by atoms with Crippen LogP contribution in [0.2, 0.25) is 0 Å². The van der Waals surface area contributed by atoms with Crippen molar-refractivity contribution in [3.63, 3.8) is 0 Å². The molecule has 22 heavy (non-hydrogen) atoms. The number of carboxylic acids is 1. The zero-order valence-corrected chi connectivity index (χ0v) is 12.4. The Morgan fingerprint density at radius 3 is 2.55 bits per heavy atom. The fourth-order valence-electron chi connectivity index (χ4n) is 3.33. The Morgan fingerprint density at radius 2 is 1.86 bits per heavy atom. The van der Waals surface area contributed by atoms with Crippen LogP contribution in [-0.4, -0.2) is 40.0 Å². The monoisotopic (exact) mass is 304 g/mol. The molecule has 0 unspecified atom stereocenters. The molecule has 2 heterocycles. The number of rotatable bonds is 2. The Kier molecular flexibility index (Phi) is 4.00. The third-order valence-corrected chi connectivity index (χ3v) is 4.70. The highest BCUT2D eigenvalue weighted by Gasteiger charge is 2.29. The van der Waals surface area contributed by atoms with Crippen molar-refractivity contribution < 1.29 is 14.7 Å². The summed E-state index contributed by atoms with van der Waals surface area (Å²) in [7, 11) is 0. The van der Waals surface area contributed by atoms with Crippen LogP contribution in [0.4, 0.5) is 0 Å². The van der Waals surface area contributed by atoms with E-state index in [-0.39, 0.29) is 22.9 Å². The summed E-state index contributed by atoms with van der Waals surface area (Å²) in [4.78, 5) is 40.1. The molecule has 1 amide bonds. The molecular weight excluding hydrogens is 284 g/mol. The van der Waals surface area contributed by atoms with Crippen molar-refractivity contribution in [1.82, 2.24) is 9.88 Å². The van der Waals surface area contributed by atoms with Gasteiger partial charge in [-0.25, -0.2) is 0 Å².